The van der Waals surface area contributed by atoms with Gasteiger partial charge in [0.05, 0.1) is 28.7 Å². The molecule has 25 heavy (non-hydrogen) atoms. The molecule has 0 aliphatic carbocycles. The van der Waals surface area contributed by atoms with E-state index in [1.165, 1.54) is 31.2 Å². The standard InChI is InChI=1S/C15H18BrNO7S/c1-17(10-3-4-25(21,22)8-10)13(18)7-24-15(20)9-5-11(16)14(19)12(6-9)23-2/h5-6,10,19H,3-4,7-8H2,1-2H3/t10-/m1/s1. The maximum absolute atomic E-state index is 12.1. The number of carbonyl (C=O) groups excluding carboxylic acids is 2. The van der Waals surface area contributed by atoms with Crippen LogP contribution in [-0.2, 0) is 19.4 Å². The van der Waals surface area contributed by atoms with Gasteiger partial charge >= 0.3 is 5.97 Å². The van der Waals surface area contributed by atoms with Gasteiger partial charge in [-0.1, -0.05) is 0 Å². The summed E-state index contributed by atoms with van der Waals surface area (Å²) in [5.74, 6) is -1.35. The number of amides is 1. The minimum atomic E-state index is -3.11. The van der Waals surface area contributed by atoms with Crippen LogP contribution in [0.25, 0.3) is 0 Å². The van der Waals surface area contributed by atoms with Crippen molar-refractivity contribution in [1.29, 1.82) is 0 Å². The van der Waals surface area contributed by atoms with E-state index in [-0.39, 0.29) is 33.0 Å². The van der Waals surface area contributed by atoms with E-state index in [0.717, 1.165) is 0 Å². The molecule has 1 amide bonds. The molecule has 1 heterocycles. The molecule has 1 aliphatic heterocycles. The van der Waals surface area contributed by atoms with Crippen molar-refractivity contribution in [2.24, 2.45) is 0 Å². The Morgan fingerprint density at radius 3 is 2.64 bits per heavy atom. The molecule has 0 unspecified atom stereocenters. The summed E-state index contributed by atoms with van der Waals surface area (Å²) in [5, 5.41) is 9.72. The smallest absolute Gasteiger partial charge is 0.338 e. The van der Waals surface area contributed by atoms with Crippen molar-refractivity contribution < 1.29 is 32.6 Å². The lowest BCUT2D eigenvalue weighted by Crippen LogP contribution is -2.40. The van der Waals surface area contributed by atoms with E-state index in [0.29, 0.717) is 6.42 Å². The fraction of sp³-hybridized carbons (Fsp3) is 0.467. The Bertz CT molecular complexity index is 793. The van der Waals surface area contributed by atoms with Crippen LogP contribution in [0, 0.1) is 0 Å². The average Bonchev–Trinajstić information content (AvgIpc) is 2.93. The van der Waals surface area contributed by atoms with Crippen molar-refractivity contribution >= 4 is 37.6 Å². The largest absolute Gasteiger partial charge is 0.503 e. The van der Waals surface area contributed by atoms with Crippen LogP contribution >= 0.6 is 15.9 Å². The first-order valence-corrected chi connectivity index (χ1v) is 9.95. The number of rotatable bonds is 5. The number of sulfone groups is 1. The summed E-state index contributed by atoms with van der Waals surface area (Å²) >= 11 is 3.09. The summed E-state index contributed by atoms with van der Waals surface area (Å²) in [6, 6.07) is 2.23. The normalized spacial score (nSPS) is 18.6. The molecule has 0 spiro atoms. The molecule has 0 radical (unpaired) electrons. The summed E-state index contributed by atoms with van der Waals surface area (Å²) < 4.78 is 33.1. The Hall–Kier alpha value is -1.81. The zero-order valence-electron chi connectivity index (χ0n) is 13.7. The molecule has 138 valence electrons. The minimum Gasteiger partial charge on any atom is -0.503 e. The molecule has 1 aliphatic rings. The number of hydrogen-bond acceptors (Lipinski definition) is 7. The first-order valence-electron chi connectivity index (χ1n) is 7.34. The number of carbonyl (C=O) groups is 2. The van der Waals surface area contributed by atoms with Crippen molar-refractivity contribution in [2.45, 2.75) is 12.5 Å². The number of nitrogens with zero attached hydrogens (tertiary/aromatic N) is 1. The molecule has 1 aromatic rings. The molecular weight excluding hydrogens is 418 g/mol. The maximum atomic E-state index is 12.1. The third-order valence-corrected chi connectivity index (χ3v) is 6.32. The summed E-state index contributed by atoms with van der Waals surface area (Å²) in [5.41, 5.74) is 0.0976. The summed E-state index contributed by atoms with van der Waals surface area (Å²) in [6.45, 7) is -0.507. The van der Waals surface area contributed by atoms with Gasteiger partial charge in [0.2, 0.25) is 0 Å². The topological polar surface area (TPSA) is 110 Å². The molecule has 1 atom stereocenters. The van der Waals surface area contributed by atoms with Gasteiger partial charge in [0.1, 0.15) is 0 Å². The predicted molar refractivity (Wildman–Crippen MR) is 92.5 cm³/mol. The van der Waals surface area contributed by atoms with Gasteiger partial charge in [-0.05, 0) is 34.5 Å². The maximum Gasteiger partial charge on any atom is 0.338 e. The van der Waals surface area contributed by atoms with Crippen LogP contribution in [0.4, 0.5) is 0 Å². The molecule has 1 saturated heterocycles. The Morgan fingerprint density at radius 1 is 1.40 bits per heavy atom. The van der Waals surface area contributed by atoms with E-state index in [9.17, 15) is 23.1 Å². The number of phenolic OH excluding ortho intramolecular Hbond substituents is 1. The quantitative estimate of drug-likeness (QED) is 0.685. The lowest BCUT2D eigenvalue weighted by Gasteiger charge is -2.23. The van der Waals surface area contributed by atoms with Crippen LogP contribution in [0.2, 0.25) is 0 Å². The number of phenols is 1. The second-order valence-corrected chi connectivity index (χ2v) is 8.73. The van der Waals surface area contributed by atoms with Crippen LogP contribution in [0.3, 0.4) is 0 Å². The van der Waals surface area contributed by atoms with Crippen molar-refractivity contribution in [2.75, 3.05) is 32.3 Å². The van der Waals surface area contributed by atoms with Crippen molar-refractivity contribution in [3.8, 4) is 11.5 Å². The van der Waals surface area contributed by atoms with Crippen molar-refractivity contribution in [3.63, 3.8) is 0 Å². The van der Waals surface area contributed by atoms with Gasteiger partial charge in [-0.15, -0.1) is 0 Å². The Labute approximate surface area is 153 Å². The first kappa shape index (κ1) is 19.5. The van der Waals surface area contributed by atoms with E-state index < -0.39 is 34.4 Å². The molecule has 1 fully saturated rings. The van der Waals surface area contributed by atoms with Gasteiger partial charge in [0.25, 0.3) is 5.91 Å². The Morgan fingerprint density at radius 2 is 2.08 bits per heavy atom. The zero-order chi connectivity index (χ0) is 18.8. The number of likely N-dealkylation sites (N-methyl/N-ethyl adjacent to an activating group) is 1. The second-order valence-electron chi connectivity index (χ2n) is 5.65. The average molecular weight is 436 g/mol. The monoisotopic (exact) mass is 435 g/mol. The molecule has 0 bridgehead atoms. The van der Waals surface area contributed by atoms with Gasteiger partial charge < -0.3 is 19.5 Å². The van der Waals surface area contributed by atoms with E-state index >= 15 is 0 Å². The predicted octanol–water partition coefficient (Wildman–Crippen LogP) is 0.966. The highest BCUT2D eigenvalue weighted by atomic mass is 79.9. The van der Waals surface area contributed by atoms with Crippen molar-refractivity contribution in [3.05, 3.63) is 22.2 Å². The highest BCUT2D eigenvalue weighted by Gasteiger charge is 2.33. The van der Waals surface area contributed by atoms with Crippen LogP contribution in [-0.4, -0.2) is 68.6 Å². The molecule has 1 aromatic carbocycles. The lowest BCUT2D eigenvalue weighted by molar-refractivity contribution is -0.134. The third-order valence-electron chi connectivity index (χ3n) is 3.96. The van der Waals surface area contributed by atoms with E-state index in [4.69, 9.17) is 9.47 Å². The number of methoxy groups -OCH3 is 1. The molecule has 2 rings (SSSR count). The number of ether oxygens (including phenoxy) is 2. The zero-order valence-corrected chi connectivity index (χ0v) is 16.1. The second kappa shape index (κ2) is 7.61. The van der Waals surface area contributed by atoms with E-state index in [1.54, 1.807) is 0 Å². The van der Waals surface area contributed by atoms with Crippen molar-refractivity contribution in [1.82, 2.24) is 4.90 Å². The molecule has 0 saturated carbocycles. The van der Waals surface area contributed by atoms with Crippen LogP contribution < -0.4 is 4.74 Å². The molecule has 1 N–H and O–H groups in total. The number of esters is 1. The number of halogens is 1. The number of aromatic hydroxyl groups is 1. The Kier molecular flexibility index (Phi) is 5.94. The highest BCUT2D eigenvalue weighted by Crippen LogP contribution is 2.35. The SMILES string of the molecule is COc1cc(C(=O)OCC(=O)N(C)[C@@H]2CCS(=O)(=O)C2)cc(Br)c1O. The number of hydrogen-bond donors (Lipinski definition) is 1. The fourth-order valence-corrected chi connectivity index (χ4v) is 4.66. The van der Waals surface area contributed by atoms with Gasteiger partial charge in [-0.2, -0.15) is 0 Å². The van der Waals surface area contributed by atoms with Gasteiger partial charge in [0.15, 0.2) is 27.9 Å². The first-order chi connectivity index (χ1) is 11.6. The van der Waals surface area contributed by atoms with Crippen LogP contribution in [0.1, 0.15) is 16.8 Å². The van der Waals surface area contributed by atoms with Gasteiger partial charge in [-0.25, -0.2) is 13.2 Å². The minimum absolute atomic E-state index is 0.0520. The molecule has 10 heteroatoms. The van der Waals surface area contributed by atoms with E-state index in [2.05, 4.69) is 15.9 Å². The summed E-state index contributed by atoms with van der Waals surface area (Å²) in [6.07, 6.45) is 0.376. The van der Waals surface area contributed by atoms with Gasteiger partial charge in [0, 0.05) is 13.1 Å². The summed E-state index contributed by atoms with van der Waals surface area (Å²) in [4.78, 5) is 25.5. The summed E-state index contributed by atoms with van der Waals surface area (Å²) in [7, 11) is -0.283. The Balaban J connectivity index is 1.98. The lowest BCUT2D eigenvalue weighted by atomic mass is 10.2. The molecular formula is C15H18BrNO7S. The number of benzene rings is 1. The highest BCUT2D eigenvalue weighted by molar-refractivity contribution is 9.10. The molecule has 8 nitrogen and oxygen atoms in total. The fourth-order valence-electron chi connectivity index (χ4n) is 2.44. The molecule has 0 aromatic heterocycles. The van der Waals surface area contributed by atoms with Gasteiger partial charge in [-0.3, -0.25) is 4.79 Å². The van der Waals surface area contributed by atoms with Crippen LogP contribution in [0.5, 0.6) is 11.5 Å². The van der Waals surface area contributed by atoms with Crippen LogP contribution in [0.15, 0.2) is 16.6 Å². The van der Waals surface area contributed by atoms with E-state index in [1.807, 2.05) is 0 Å². The third kappa shape index (κ3) is 4.63.